The molecule has 1 spiro atoms. The van der Waals surface area contributed by atoms with Gasteiger partial charge in [-0.2, -0.15) is 0 Å². The third-order valence-electron chi connectivity index (χ3n) is 18.1. The van der Waals surface area contributed by atoms with Gasteiger partial charge in [0.25, 0.3) is 0 Å². The van der Waals surface area contributed by atoms with Crippen molar-refractivity contribution in [1.29, 1.82) is 0 Å². The maximum atomic E-state index is 2.61. The molecule has 372 valence electrons. The number of para-hydroxylation sites is 3. The summed E-state index contributed by atoms with van der Waals surface area (Å²) >= 11 is 0. The monoisotopic (exact) mass is 1010 g/mol. The second kappa shape index (κ2) is 17.1. The number of aromatic nitrogens is 1. The molecule has 0 amide bonds. The van der Waals surface area contributed by atoms with Gasteiger partial charge in [-0.3, -0.25) is 0 Å². The van der Waals surface area contributed by atoms with Gasteiger partial charge in [0.2, 0.25) is 0 Å². The average Bonchev–Trinajstić information content (AvgIpc) is 3.15. The lowest BCUT2D eigenvalue weighted by atomic mass is 9.65. The Labute approximate surface area is 465 Å². The van der Waals surface area contributed by atoms with Gasteiger partial charge in [-0.05, 0) is 125 Å². The molecule has 80 heavy (non-hydrogen) atoms. The first-order chi connectivity index (χ1) is 39.7. The van der Waals surface area contributed by atoms with E-state index in [0.29, 0.717) is 0 Å². The van der Waals surface area contributed by atoms with Gasteiger partial charge >= 0.3 is 0 Å². The summed E-state index contributed by atoms with van der Waals surface area (Å²) in [5, 5.41) is 4.96. The van der Waals surface area contributed by atoms with Crippen molar-refractivity contribution in [2.75, 3.05) is 4.90 Å². The van der Waals surface area contributed by atoms with Crippen molar-refractivity contribution in [3.8, 4) is 50.2 Å². The number of rotatable bonds is 7. The molecule has 2 nitrogen and oxygen atoms in total. The van der Waals surface area contributed by atoms with Gasteiger partial charge in [0.15, 0.2) is 0 Å². The van der Waals surface area contributed by atoms with Crippen LogP contribution in [0.2, 0.25) is 0 Å². The molecule has 0 N–H and O–H groups in total. The standard InChI is InChI=1S/C78H50N2/c1-4-22-51(23-5-1)52-42-44-53(45-43-52)54-46-48-57(49-47-54)79(73-50-69-74(60-30-11-10-28-58(60)73)62-31-12-15-34-64(62)77(69,55-24-6-2-7-25-55)56-26-8-3-9-27-56)72-41-21-37-67-75(72)63-32-13-16-35-65(63)78(67)66-36-17-19-40-71(66)80-70-39-18-14-29-59(70)61-33-20-38-68(78)76(61)80/h1-50H. The Morgan fingerprint density at radius 2 is 0.750 bits per heavy atom. The molecule has 1 atom stereocenters. The molecule has 0 radical (unpaired) electrons. The quantitative estimate of drug-likeness (QED) is 0.154. The molecular formula is C78H50N2. The van der Waals surface area contributed by atoms with Gasteiger partial charge in [0.1, 0.15) is 0 Å². The van der Waals surface area contributed by atoms with Crippen molar-refractivity contribution in [2.45, 2.75) is 10.8 Å². The van der Waals surface area contributed by atoms with E-state index in [1.54, 1.807) is 0 Å². The second-order valence-corrected chi connectivity index (χ2v) is 21.8. The predicted molar refractivity (Wildman–Crippen MR) is 332 cm³/mol. The molecule has 0 saturated heterocycles. The summed E-state index contributed by atoms with van der Waals surface area (Å²) in [4.78, 5) is 2.61. The normalized spacial score (nSPS) is 14.9. The van der Waals surface area contributed by atoms with Crippen LogP contribution in [-0.2, 0) is 10.8 Å². The number of nitrogens with zero attached hydrogens (tertiary/aromatic N) is 2. The molecule has 1 unspecified atom stereocenters. The van der Waals surface area contributed by atoms with E-state index in [4.69, 9.17) is 0 Å². The molecule has 2 heterocycles. The summed E-state index contributed by atoms with van der Waals surface area (Å²) in [5.74, 6) is 0. The Balaban J connectivity index is 0.970. The Morgan fingerprint density at radius 3 is 1.44 bits per heavy atom. The zero-order valence-corrected chi connectivity index (χ0v) is 43.8. The van der Waals surface area contributed by atoms with Crippen molar-refractivity contribution in [3.63, 3.8) is 0 Å². The molecule has 13 aromatic carbocycles. The molecule has 1 aliphatic heterocycles. The van der Waals surface area contributed by atoms with E-state index >= 15 is 0 Å². The fraction of sp³-hybridized carbons (Fsp3) is 0.0256. The fourth-order valence-corrected chi connectivity index (χ4v) is 14.9. The van der Waals surface area contributed by atoms with Crippen LogP contribution < -0.4 is 4.90 Å². The van der Waals surface area contributed by atoms with Crippen molar-refractivity contribution >= 4 is 49.6 Å². The van der Waals surface area contributed by atoms with E-state index in [0.717, 1.165) is 17.1 Å². The van der Waals surface area contributed by atoms with E-state index in [9.17, 15) is 0 Å². The maximum Gasteiger partial charge on any atom is 0.0755 e. The lowest BCUT2D eigenvalue weighted by molar-refractivity contribution is 0.748. The number of hydrogen-bond acceptors (Lipinski definition) is 1. The SMILES string of the molecule is c1ccc(-c2ccc(-c3ccc(N(c4cccc5c4-c4ccccc4C54c5ccccc5-n5c6ccccc6c6cccc4c65)c4cc5c(c6ccccc46)-c4ccccc4C5(c4ccccc4)c4ccccc4)cc3)cc2)cc1. The maximum absolute atomic E-state index is 2.61. The zero-order chi connectivity index (χ0) is 52.5. The van der Waals surface area contributed by atoms with Crippen LogP contribution in [0.15, 0.2) is 303 Å². The van der Waals surface area contributed by atoms with Crippen LogP contribution in [0.25, 0.3) is 82.8 Å². The minimum Gasteiger partial charge on any atom is -0.309 e. The van der Waals surface area contributed by atoms with Crippen LogP contribution in [0.4, 0.5) is 17.1 Å². The predicted octanol–water partition coefficient (Wildman–Crippen LogP) is 19.8. The summed E-state index contributed by atoms with van der Waals surface area (Å²) in [6.45, 7) is 0. The summed E-state index contributed by atoms with van der Waals surface area (Å²) < 4.78 is 2.54. The molecule has 0 bridgehead atoms. The highest BCUT2D eigenvalue weighted by atomic mass is 15.1. The van der Waals surface area contributed by atoms with Gasteiger partial charge in [0.05, 0.1) is 38.9 Å². The van der Waals surface area contributed by atoms with Crippen LogP contribution in [0.3, 0.4) is 0 Å². The Kier molecular flexibility index (Phi) is 9.58. The van der Waals surface area contributed by atoms with Crippen LogP contribution in [0.1, 0.15) is 44.5 Å². The van der Waals surface area contributed by atoms with E-state index < -0.39 is 10.8 Å². The topological polar surface area (TPSA) is 8.17 Å². The van der Waals surface area contributed by atoms with Gasteiger partial charge in [-0.25, -0.2) is 0 Å². The molecule has 2 aliphatic carbocycles. The molecule has 14 aromatic rings. The van der Waals surface area contributed by atoms with Gasteiger partial charge in [0, 0.05) is 27.4 Å². The molecule has 1 aromatic heterocycles. The third-order valence-corrected chi connectivity index (χ3v) is 18.1. The van der Waals surface area contributed by atoms with Crippen LogP contribution in [0.5, 0.6) is 0 Å². The van der Waals surface area contributed by atoms with Gasteiger partial charge in [-0.15, -0.1) is 0 Å². The molecular weight excluding hydrogens is 965 g/mol. The summed E-state index contributed by atoms with van der Waals surface area (Å²) in [6.07, 6.45) is 0. The molecule has 0 saturated carbocycles. The summed E-state index contributed by atoms with van der Waals surface area (Å²) in [7, 11) is 0. The number of benzene rings is 13. The molecule has 2 heteroatoms. The zero-order valence-electron chi connectivity index (χ0n) is 43.8. The number of hydrogen-bond donors (Lipinski definition) is 0. The first-order valence-corrected chi connectivity index (χ1v) is 27.9. The van der Waals surface area contributed by atoms with Crippen molar-refractivity contribution in [1.82, 2.24) is 4.57 Å². The van der Waals surface area contributed by atoms with Crippen molar-refractivity contribution in [2.24, 2.45) is 0 Å². The van der Waals surface area contributed by atoms with E-state index in [-0.39, 0.29) is 0 Å². The van der Waals surface area contributed by atoms with Crippen LogP contribution >= 0.6 is 0 Å². The molecule has 17 rings (SSSR count). The van der Waals surface area contributed by atoms with Crippen LogP contribution in [0, 0.1) is 0 Å². The molecule has 3 aliphatic rings. The smallest absolute Gasteiger partial charge is 0.0755 e. The highest BCUT2D eigenvalue weighted by Gasteiger charge is 2.52. The Hall–Kier alpha value is -10.3. The lowest BCUT2D eigenvalue weighted by Gasteiger charge is -2.40. The van der Waals surface area contributed by atoms with E-state index in [2.05, 4.69) is 313 Å². The minimum absolute atomic E-state index is 0.618. The largest absolute Gasteiger partial charge is 0.309 e. The highest BCUT2D eigenvalue weighted by Crippen LogP contribution is 2.65. The van der Waals surface area contributed by atoms with Gasteiger partial charge < -0.3 is 9.47 Å². The van der Waals surface area contributed by atoms with E-state index in [1.165, 1.54) is 127 Å². The number of fused-ring (bicyclic) bond motifs is 17. The summed E-state index contributed by atoms with van der Waals surface area (Å²) in [6, 6.07) is 114. The average molecular weight is 1020 g/mol. The Morgan fingerprint density at radius 1 is 0.275 bits per heavy atom. The fourth-order valence-electron chi connectivity index (χ4n) is 14.9. The summed E-state index contributed by atoms with van der Waals surface area (Å²) in [5.41, 5.74) is 25.9. The van der Waals surface area contributed by atoms with E-state index in [1.807, 2.05) is 0 Å². The third kappa shape index (κ3) is 5.97. The second-order valence-electron chi connectivity index (χ2n) is 21.8. The lowest BCUT2D eigenvalue weighted by Crippen LogP contribution is -2.33. The van der Waals surface area contributed by atoms with Crippen molar-refractivity contribution < 1.29 is 0 Å². The first-order valence-electron chi connectivity index (χ1n) is 27.9. The minimum atomic E-state index is -0.624. The highest BCUT2D eigenvalue weighted by molar-refractivity contribution is 6.15. The first kappa shape index (κ1) is 44.8. The molecule has 0 fully saturated rings. The Bertz CT molecular complexity index is 4760. The van der Waals surface area contributed by atoms with Gasteiger partial charge in [-0.1, -0.05) is 267 Å². The van der Waals surface area contributed by atoms with Crippen molar-refractivity contribution in [3.05, 3.63) is 348 Å². The number of anilines is 3. The van der Waals surface area contributed by atoms with Crippen LogP contribution in [-0.4, -0.2) is 4.57 Å².